The zero-order valence-electron chi connectivity index (χ0n) is 10.0. The second-order valence-corrected chi connectivity index (χ2v) is 3.64. The van der Waals surface area contributed by atoms with E-state index in [1.165, 1.54) is 12.1 Å². The third-order valence-electron chi connectivity index (χ3n) is 2.31. The van der Waals surface area contributed by atoms with Crippen LogP contribution in [0.15, 0.2) is 18.2 Å². The number of aromatic carboxylic acids is 1. The molecule has 0 aliphatic rings. The van der Waals surface area contributed by atoms with E-state index in [1.54, 1.807) is 13.0 Å². The van der Waals surface area contributed by atoms with Crippen molar-refractivity contribution in [2.75, 3.05) is 6.61 Å². The van der Waals surface area contributed by atoms with E-state index in [-0.39, 0.29) is 11.3 Å². The van der Waals surface area contributed by atoms with Crippen molar-refractivity contribution >= 4 is 11.8 Å². The Bertz CT molecular complexity index is 423. The summed E-state index contributed by atoms with van der Waals surface area (Å²) in [5.74, 6) is -0.694. The Labute approximate surface area is 100 Å². The van der Waals surface area contributed by atoms with Crippen LogP contribution in [0.3, 0.4) is 0 Å². The standard InChI is InChI=1S/C13H16O4/c1-3-7-17-12-6-5-9(13(15)16)8-10(12)11(14)4-2/h5-6,8H,3-4,7H2,1-2H3,(H,15,16). The fraction of sp³-hybridized carbons (Fsp3) is 0.385. The van der Waals surface area contributed by atoms with Gasteiger partial charge in [-0.25, -0.2) is 4.79 Å². The van der Waals surface area contributed by atoms with Crippen LogP contribution in [-0.2, 0) is 0 Å². The molecule has 0 radical (unpaired) electrons. The highest BCUT2D eigenvalue weighted by atomic mass is 16.5. The number of carboxylic acids is 1. The molecule has 0 amide bonds. The smallest absolute Gasteiger partial charge is 0.335 e. The van der Waals surface area contributed by atoms with Crippen molar-refractivity contribution in [2.45, 2.75) is 26.7 Å². The predicted octanol–water partition coefficient (Wildman–Crippen LogP) is 2.77. The van der Waals surface area contributed by atoms with Gasteiger partial charge >= 0.3 is 5.97 Å². The number of hydrogen-bond acceptors (Lipinski definition) is 3. The molecule has 0 fully saturated rings. The van der Waals surface area contributed by atoms with Crippen molar-refractivity contribution in [3.05, 3.63) is 29.3 Å². The van der Waals surface area contributed by atoms with Crippen molar-refractivity contribution in [3.63, 3.8) is 0 Å². The highest BCUT2D eigenvalue weighted by molar-refractivity contribution is 6.01. The molecule has 1 aromatic carbocycles. The number of carbonyl (C=O) groups excluding carboxylic acids is 1. The number of hydrogen-bond donors (Lipinski definition) is 1. The molecule has 1 N–H and O–H groups in total. The van der Waals surface area contributed by atoms with Crippen LogP contribution in [0.25, 0.3) is 0 Å². The summed E-state index contributed by atoms with van der Waals surface area (Å²) in [6.07, 6.45) is 1.16. The minimum absolute atomic E-state index is 0.102. The van der Waals surface area contributed by atoms with Crippen LogP contribution >= 0.6 is 0 Å². The van der Waals surface area contributed by atoms with Crippen molar-refractivity contribution in [1.82, 2.24) is 0 Å². The number of ketones is 1. The topological polar surface area (TPSA) is 63.6 Å². The summed E-state index contributed by atoms with van der Waals surface area (Å²) in [5, 5.41) is 8.88. The van der Waals surface area contributed by atoms with Gasteiger partial charge in [0.2, 0.25) is 0 Å². The molecule has 0 aromatic heterocycles. The van der Waals surface area contributed by atoms with Gasteiger partial charge in [-0.2, -0.15) is 0 Å². The van der Waals surface area contributed by atoms with E-state index in [9.17, 15) is 9.59 Å². The molecule has 17 heavy (non-hydrogen) atoms. The van der Waals surface area contributed by atoms with Gasteiger partial charge in [-0.1, -0.05) is 13.8 Å². The van der Waals surface area contributed by atoms with E-state index >= 15 is 0 Å². The Hall–Kier alpha value is -1.84. The first kappa shape index (κ1) is 13.2. The second kappa shape index (κ2) is 6.03. The molecule has 4 nitrogen and oxygen atoms in total. The van der Waals surface area contributed by atoms with E-state index in [0.717, 1.165) is 6.42 Å². The van der Waals surface area contributed by atoms with Crippen LogP contribution in [0.5, 0.6) is 5.75 Å². The van der Waals surface area contributed by atoms with Gasteiger partial charge in [0.25, 0.3) is 0 Å². The average molecular weight is 236 g/mol. The fourth-order valence-corrected chi connectivity index (χ4v) is 1.41. The molecule has 0 saturated heterocycles. The molecular formula is C13H16O4. The lowest BCUT2D eigenvalue weighted by Gasteiger charge is -2.10. The number of rotatable bonds is 6. The SMILES string of the molecule is CCCOc1ccc(C(=O)O)cc1C(=O)CC. The number of ether oxygens (including phenoxy) is 1. The van der Waals surface area contributed by atoms with Crippen LogP contribution < -0.4 is 4.74 Å². The molecule has 1 rings (SSSR count). The summed E-state index contributed by atoms with van der Waals surface area (Å²) in [6.45, 7) is 4.21. The molecule has 4 heteroatoms. The molecule has 0 heterocycles. The first-order valence-electron chi connectivity index (χ1n) is 5.63. The second-order valence-electron chi connectivity index (χ2n) is 3.64. The third-order valence-corrected chi connectivity index (χ3v) is 2.31. The largest absolute Gasteiger partial charge is 0.493 e. The molecule has 0 aliphatic heterocycles. The Morgan fingerprint density at radius 2 is 2.00 bits per heavy atom. The van der Waals surface area contributed by atoms with Crippen LogP contribution in [0.4, 0.5) is 0 Å². The van der Waals surface area contributed by atoms with E-state index in [0.29, 0.717) is 24.3 Å². The Morgan fingerprint density at radius 1 is 1.29 bits per heavy atom. The third kappa shape index (κ3) is 3.31. The normalized spacial score (nSPS) is 10.0. The summed E-state index contributed by atoms with van der Waals surface area (Å²) >= 11 is 0. The van der Waals surface area contributed by atoms with Gasteiger partial charge < -0.3 is 9.84 Å². The first-order chi connectivity index (χ1) is 8.10. The molecule has 0 saturated carbocycles. The van der Waals surface area contributed by atoms with E-state index < -0.39 is 5.97 Å². The Kier molecular flexibility index (Phi) is 4.69. The number of Topliss-reactive ketones (excluding diaryl/α,β-unsaturated/α-hetero) is 1. The van der Waals surface area contributed by atoms with Crippen LogP contribution in [0.1, 0.15) is 47.4 Å². The van der Waals surface area contributed by atoms with Gasteiger partial charge in [0.1, 0.15) is 5.75 Å². The molecular weight excluding hydrogens is 220 g/mol. The van der Waals surface area contributed by atoms with Crippen molar-refractivity contribution in [1.29, 1.82) is 0 Å². The Balaban J connectivity index is 3.12. The van der Waals surface area contributed by atoms with E-state index in [1.807, 2.05) is 6.92 Å². The molecule has 0 bridgehead atoms. The lowest BCUT2D eigenvalue weighted by molar-refractivity contribution is 0.0697. The lowest BCUT2D eigenvalue weighted by atomic mass is 10.0. The molecule has 1 aromatic rings. The first-order valence-corrected chi connectivity index (χ1v) is 5.63. The Morgan fingerprint density at radius 3 is 2.53 bits per heavy atom. The zero-order valence-corrected chi connectivity index (χ0v) is 10.0. The summed E-state index contributed by atoms with van der Waals surface area (Å²) in [5.41, 5.74) is 0.450. The van der Waals surface area contributed by atoms with Crippen LogP contribution in [-0.4, -0.2) is 23.5 Å². The average Bonchev–Trinajstić information content (AvgIpc) is 2.35. The zero-order chi connectivity index (χ0) is 12.8. The predicted molar refractivity (Wildman–Crippen MR) is 63.8 cm³/mol. The number of benzene rings is 1. The van der Waals surface area contributed by atoms with Gasteiger partial charge in [0.05, 0.1) is 17.7 Å². The molecule has 0 aliphatic carbocycles. The number of carbonyl (C=O) groups is 2. The highest BCUT2D eigenvalue weighted by Gasteiger charge is 2.14. The van der Waals surface area contributed by atoms with Crippen molar-refractivity contribution < 1.29 is 19.4 Å². The molecule has 0 unspecified atom stereocenters. The molecule has 92 valence electrons. The van der Waals surface area contributed by atoms with Crippen molar-refractivity contribution in [2.24, 2.45) is 0 Å². The quantitative estimate of drug-likeness (QED) is 0.771. The maximum atomic E-state index is 11.7. The minimum atomic E-state index is -1.04. The fourth-order valence-electron chi connectivity index (χ4n) is 1.41. The summed E-state index contributed by atoms with van der Waals surface area (Å²) in [7, 11) is 0. The van der Waals surface area contributed by atoms with Crippen LogP contribution in [0, 0.1) is 0 Å². The van der Waals surface area contributed by atoms with Gasteiger partial charge in [-0.05, 0) is 24.6 Å². The van der Waals surface area contributed by atoms with Gasteiger partial charge in [-0.15, -0.1) is 0 Å². The van der Waals surface area contributed by atoms with Crippen LogP contribution in [0.2, 0.25) is 0 Å². The molecule has 0 atom stereocenters. The summed E-state index contributed by atoms with van der Waals surface area (Å²) < 4.78 is 5.43. The summed E-state index contributed by atoms with van der Waals surface area (Å²) in [6, 6.07) is 4.36. The minimum Gasteiger partial charge on any atom is -0.493 e. The highest BCUT2D eigenvalue weighted by Crippen LogP contribution is 2.22. The maximum absolute atomic E-state index is 11.7. The van der Waals surface area contributed by atoms with Crippen molar-refractivity contribution in [3.8, 4) is 5.75 Å². The molecule has 0 spiro atoms. The van der Waals surface area contributed by atoms with E-state index in [4.69, 9.17) is 9.84 Å². The van der Waals surface area contributed by atoms with E-state index in [2.05, 4.69) is 0 Å². The van der Waals surface area contributed by atoms with Gasteiger partial charge in [0.15, 0.2) is 5.78 Å². The van der Waals surface area contributed by atoms with Gasteiger partial charge in [0, 0.05) is 6.42 Å². The summed E-state index contributed by atoms with van der Waals surface area (Å²) in [4.78, 5) is 22.5. The maximum Gasteiger partial charge on any atom is 0.335 e. The monoisotopic (exact) mass is 236 g/mol. The van der Waals surface area contributed by atoms with Gasteiger partial charge in [-0.3, -0.25) is 4.79 Å². The number of carboxylic acid groups (broad SMARTS) is 1. The lowest BCUT2D eigenvalue weighted by Crippen LogP contribution is -2.06.